The third-order valence-electron chi connectivity index (χ3n) is 4.14. The second kappa shape index (κ2) is 9.88. The molecule has 3 aromatic rings. The van der Waals surface area contributed by atoms with E-state index in [0.29, 0.717) is 17.2 Å². The monoisotopic (exact) mass is 440 g/mol. The van der Waals surface area contributed by atoms with Gasteiger partial charge in [-0.05, 0) is 55.6 Å². The number of carbonyl (C=O) groups excluding carboxylic acids is 2. The van der Waals surface area contributed by atoms with Gasteiger partial charge in [0.05, 0.1) is 16.1 Å². The van der Waals surface area contributed by atoms with Crippen molar-refractivity contribution in [1.82, 2.24) is 4.72 Å². The van der Waals surface area contributed by atoms with E-state index in [2.05, 4.69) is 10.0 Å². The average Bonchev–Trinajstić information content (AvgIpc) is 2.79. The number of sulfonamides is 1. The first-order valence-corrected chi connectivity index (χ1v) is 10.7. The molecule has 1 amide bonds. The highest BCUT2D eigenvalue weighted by atomic mass is 32.2. The third-order valence-corrected chi connectivity index (χ3v) is 5.57. The number of benzene rings is 3. The lowest BCUT2D eigenvalue weighted by molar-refractivity contribution is -0.119. The van der Waals surface area contributed by atoms with Crippen molar-refractivity contribution in [2.45, 2.75) is 4.90 Å². The number of carbonyl (C=O) groups is 2. The maximum atomic E-state index is 12.2. The van der Waals surface area contributed by atoms with E-state index in [1.807, 2.05) is 18.2 Å². The molecule has 3 rings (SSSR count). The summed E-state index contributed by atoms with van der Waals surface area (Å²) in [5.41, 5.74) is 0.546. The minimum absolute atomic E-state index is 0.0133. The van der Waals surface area contributed by atoms with Gasteiger partial charge in [-0.1, -0.05) is 30.3 Å². The second-order valence-corrected chi connectivity index (χ2v) is 8.15. The number of nitrogens with one attached hydrogen (secondary N) is 2. The number of para-hydroxylation sites is 3. The van der Waals surface area contributed by atoms with E-state index >= 15 is 0 Å². The van der Waals surface area contributed by atoms with Gasteiger partial charge >= 0.3 is 5.97 Å². The van der Waals surface area contributed by atoms with Crippen molar-refractivity contribution < 1.29 is 27.5 Å². The summed E-state index contributed by atoms with van der Waals surface area (Å²) in [5, 5.41) is 2.65. The average molecular weight is 440 g/mol. The Kier molecular flexibility index (Phi) is 7.01. The number of anilines is 1. The lowest BCUT2D eigenvalue weighted by Crippen LogP contribution is -2.21. The minimum atomic E-state index is -3.61. The molecule has 0 unspecified atom stereocenters. The molecule has 0 saturated heterocycles. The van der Waals surface area contributed by atoms with Gasteiger partial charge in [0.15, 0.2) is 12.4 Å². The highest BCUT2D eigenvalue weighted by Crippen LogP contribution is 2.29. The van der Waals surface area contributed by atoms with Crippen LogP contribution in [-0.4, -0.2) is 33.9 Å². The molecule has 0 saturated carbocycles. The molecule has 0 aliphatic rings. The van der Waals surface area contributed by atoms with Crippen LogP contribution in [0.15, 0.2) is 83.8 Å². The van der Waals surface area contributed by atoms with Crippen molar-refractivity contribution in [3.05, 3.63) is 84.4 Å². The topological polar surface area (TPSA) is 111 Å². The van der Waals surface area contributed by atoms with Gasteiger partial charge in [-0.25, -0.2) is 17.9 Å². The molecular weight excluding hydrogens is 420 g/mol. The molecule has 160 valence electrons. The van der Waals surface area contributed by atoms with Crippen LogP contribution in [0.4, 0.5) is 5.69 Å². The summed E-state index contributed by atoms with van der Waals surface area (Å²) in [5.74, 6) is -0.252. The molecule has 0 radical (unpaired) electrons. The number of hydrogen-bond acceptors (Lipinski definition) is 6. The van der Waals surface area contributed by atoms with Crippen molar-refractivity contribution >= 4 is 27.6 Å². The predicted molar refractivity (Wildman–Crippen MR) is 115 cm³/mol. The molecule has 0 aliphatic carbocycles. The molecule has 9 heteroatoms. The zero-order valence-corrected chi connectivity index (χ0v) is 17.4. The van der Waals surface area contributed by atoms with Crippen LogP contribution in [0.2, 0.25) is 0 Å². The first-order chi connectivity index (χ1) is 14.9. The Labute approximate surface area is 179 Å². The summed E-state index contributed by atoms with van der Waals surface area (Å²) in [7, 11) is -2.32. The number of ether oxygens (including phenoxy) is 2. The predicted octanol–water partition coefficient (Wildman–Crippen LogP) is 3.18. The molecule has 3 aromatic carbocycles. The van der Waals surface area contributed by atoms with Gasteiger partial charge in [-0.3, -0.25) is 4.79 Å². The zero-order valence-electron chi connectivity index (χ0n) is 16.6. The summed E-state index contributed by atoms with van der Waals surface area (Å²) in [6.07, 6.45) is 0. The number of hydrogen-bond donors (Lipinski definition) is 2. The molecule has 0 aliphatic heterocycles. The van der Waals surface area contributed by atoms with E-state index in [1.165, 1.54) is 31.3 Å². The Bertz CT molecular complexity index is 1160. The number of amides is 1. The maximum absolute atomic E-state index is 12.2. The van der Waals surface area contributed by atoms with E-state index in [0.717, 1.165) is 0 Å². The van der Waals surface area contributed by atoms with E-state index < -0.39 is 28.5 Å². The van der Waals surface area contributed by atoms with Gasteiger partial charge in [0.25, 0.3) is 5.91 Å². The fourth-order valence-electron chi connectivity index (χ4n) is 2.56. The Morgan fingerprint density at radius 3 is 2.19 bits per heavy atom. The lowest BCUT2D eigenvalue weighted by Gasteiger charge is -2.12. The quantitative estimate of drug-likeness (QED) is 0.521. The molecule has 8 nitrogen and oxygen atoms in total. The van der Waals surface area contributed by atoms with Crippen LogP contribution < -0.4 is 14.8 Å². The normalized spacial score (nSPS) is 10.9. The number of rotatable bonds is 8. The summed E-state index contributed by atoms with van der Waals surface area (Å²) >= 11 is 0. The maximum Gasteiger partial charge on any atom is 0.338 e. The van der Waals surface area contributed by atoms with Crippen molar-refractivity contribution in [2.75, 3.05) is 19.0 Å². The van der Waals surface area contributed by atoms with Crippen LogP contribution in [0.5, 0.6) is 11.5 Å². The van der Waals surface area contributed by atoms with Crippen LogP contribution in [-0.2, 0) is 19.6 Å². The molecule has 0 fully saturated rings. The molecule has 0 bridgehead atoms. The van der Waals surface area contributed by atoms with E-state index in [4.69, 9.17) is 9.47 Å². The Hall–Kier alpha value is -3.69. The zero-order chi connectivity index (χ0) is 22.3. The highest BCUT2D eigenvalue weighted by Gasteiger charge is 2.15. The lowest BCUT2D eigenvalue weighted by atomic mass is 10.2. The Morgan fingerprint density at radius 2 is 1.52 bits per heavy atom. The van der Waals surface area contributed by atoms with Crippen molar-refractivity contribution in [3.8, 4) is 11.5 Å². The molecule has 0 aromatic heterocycles. The van der Waals surface area contributed by atoms with Gasteiger partial charge < -0.3 is 14.8 Å². The minimum Gasteiger partial charge on any atom is -0.455 e. The van der Waals surface area contributed by atoms with E-state index in [9.17, 15) is 18.0 Å². The summed E-state index contributed by atoms with van der Waals surface area (Å²) in [6.45, 7) is -0.519. The van der Waals surface area contributed by atoms with Gasteiger partial charge in [0.2, 0.25) is 10.0 Å². The molecule has 0 spiro atoms. The Balaban J connectivity index is 1.59. The highest BCUT2D eigenvalue weighted by molar-refractivity contribution is 7.89. The first-order valence-electron chi connectivity index (χ1n) is 9.21. The van der Waals surface area contributed by atoms with Gasteiger partial charge in [0.1, 0.15) is 5.75 Å². The van der Waals surface area contributed by atoms with Gasteiger partial charge in [-0.15, -0.1) is 0 Å². The number of esters is 1. The molecule has 31 heavy (non-hydrogen) atoms. The van der Waals surface area contributed by atoms with Crippen LogP contribution in [0.1, 0.15) is 10.4 Å². The van der Waals surface area contributed by atoms with Crippen LogP contribution in [0.3, 0.4) is 0 Å². The molecule has 0 heterocycles. The molecule has 0 atom stereocenters. The van der Waals surface area contributed by atoms with Gasteiger partial charge in [-0.2, -0.15) is 0 Å². The SMILES string of the molecule is CNS(=O)(=O)c1ccc(C(=O)OCC(=O)Nc2ccccc2Oc2ccccc2)cc1. The fraction of sp³-hybridized carbons (Fsp3) is 0.0909. The summed E-state index contributed by atoms with van der Waals surface area (Å²) in [4.78, 5) is 24.4. The smallest absolute Gasteiger partial charge is 0.338 e. The van der Waals surface area contributed by atoms with E-state index in [1.54, 1.807) is 36.4 Å². The summed E-state index contributed by atoms with van der Waals surface area (Å²) < 4.78 is 36.4. The van der Waals surface area contributed by atoms with Crippen molar-refractivity contribution in [2.24, 2.45) is 0 Å². The fourth-order valence-corrected chi connectivity index (χ4v) is 3.29. The second-order valence-electron chi connectivity index (χ2n) is 6.27. The molecule has 2 N–H and O–H groups in total. The van der Waals surface area contributed by atoms with Crippen molar-refractivity contribution in [1.29, 1.82) is 0 Å². The van der Waals surface area contributed by atoms with Crippen LogP contribution >= 0.6 is 0 Å². The standard InChI is InChI=1S/C22H20N2O6S/c1-23-31(27,28)18-13-11-16(12-14-18)22(26)29-15-21(25)24-19-9-5-6-10-20(19)30-17-7-3-2-4-8-17/h2-14,23H,15H2,1H3,(H,24,25). The summed E-state index contributed by atoms with van der Waals surface area (Å²) in [6, 6.07) is 21.1. The van der Waals surface area contributed by atoms with E-state index in [-0.39, 0.29) is 10.5 Å². The molecular formula is C22H20N2O6S. The van der Waals surface area contributed by atoms with Crippen LogP contribution in [0.25, 0.3) is 0 Å². The largest absolute Gasteiger partial charge is 0.455 e. The third kappa shape index (κ3) is 5.91. The van der Waals surface area contributed by atoms with Crippen LogP contribution in [0, 0.1) is 0 Å². The van der Waals surface area contributed by atoms with Crippen molar-refractivity contribution in [3.63, 3.8) is 0 Å². The van der Waals surface area contributed by atoms with Gasteiger partial charge in [0, 0.05) is 0 Å². The Morgan fingerprint density at radius 1 is 0.871 bits per heavy atom. The first kappa shape index (κ1) is 22.0.